The van der Waals surface area contributed by atoms with Crippen molar-refractivity contribution in [1.29, 1.82) is 0 Å². The maximum atomic E-state index is 13.5. The zero-order chi connectivity index (χ0) is 14.9. The van der Waals surface area contributed by atoms with Crippen molar-refractivity contribution in [1.82, 2.24) is 0 Å². The number of carbonyl (C=O) groups is 1. The number of halogens is 3. The Hall–Kier alpha value is -2.70. The predicted octanol–water partition coefficient (Wildman–Crippen LogP) is 3.13. The highest BCUT2D eigenvalue weighted by atomic mass is 19.2. The monoisotopic (exact) mass is 282 g/mol. The Morgan fingerprint density at radius 3 is 2.50 bits per heavy atom. The summed E-state index contributed by atoms with van der Waals surface area (Å²) in [7, 11) is 0. The normalized spacial score (nSPS) is 10.3. The molecule has 0 saturated carbocycles. The molecule has 0 bridgehead atoms. The van der Waals surface area contributed by atoms with E-state index in [-0.39, 0.29) is 16.9 Å². The summed E-state index contributed by atoms with van der Waals surface area (Å²) < 4.78 is 39.6. The second kappa shape index (κ2) is 5.12. The number of carboxylic acids is 1. The van der Waals surface area contributed by atoms with E-state index in [1.54, 1.807) is 0 Å². The summed E-state index contributed by atoms with van der Waals surface area (Å²) in [6.07, 6.45) is 0. The summed E-state index contributed by atoms with van der Waals surface area (Å²) in [5.74, 6) is -4.89. The highest BCUT2D eigenvalue weighted by Crippen LogP contribution is 2.29. The van der Waals surface area contributed by atoms with E-state index >= 15 is 0 Å². The number of hydrogen-bond donors (Lipinski definition) is 3. The Balaban J connectivity index is 2.46. The number of carboxylic acid groups (broad SMARTS) is 1. The molecule has 104 valence electrons. The average molecular weight is 282 g/mol. The molecule has 4 nitrogen and oxygen atoms in total. The molecule has 2 aromatic rings. The van der Waals surface area contributed by atoms with Crippen molar-refractivity contribution < 1.29 is 23.1 Å². The molecule has 0 aliphatic heterocycles. The number of hydrogen-bond acceptors (Lipinski definition) is 3. The zero-order valence-electron chi connectivity index (χ0n) is 9.95. The standard InChI is InChI=1S/C13H9F3N2O2/c14-6-4-8(15)11(16)10(5-6)18-9-3-1-2-7(12(9)17)13(19)20/h1-5,18H,17H2,(H,19,20). The first-order valence-electron chi connectivity index (χ1n) is 5.43. The van der Waals surface area contributed by atoms with Gasteiger partial charge < -0.3 is 16.2 Å². The van der Waals surface area contributed by atoms with Crippen LogP contribution in [-0.4, -0.2) is 11.1 Å². The largest absolute Gasteiger partial charge is 0.478 e. The van der Waals surface area contributed by atoms with Crippen LogP contribution in [0.5, 0.6) is 0 Å². The lowest BCUT2D eigenvalue weighted by atomic mass is 10.1. The van der Waals surface area contributed by atoms with Gasteiger partial charge in [-0.1, -0.05) is 6.07 Å². The molecule has 0 atom stereocenters. The molecule has 0 radical (unpaired) electrons. The van der Waals surface area contributed by atoms with Crippen LogP contribution in [0.3, 0.4) is 0 Å². The van der Waals surface area contributed by atoms with Gasteiger partial charge in [0.25, 0.3) is 0 Å². The lowest BCUT2D eigenvalue weighted by Gasteiger charge is -2.12. The van der Waals surface area contributed by atoms with E-state index in [1.165, 1.54) is 18.2 Å². The summed E-state index contributed by atoms with van der Waals surface area (Å²) in [6.45, 7) is 0. The fourth-order valence-electron chi connectivity index (χ4n) is 1.65. The number of para-hydroxylation sites is 1. The quantitative estimate of drug-likeness (QED) is 0.597. The van der Waals surface area contributed by atoms with Gasteiger partial charge in [0.05, 0.1) is 22.6 Å². The maximum Gasteiger partial charge on any atom is 0.337 e. The highest BCUT2D eigenvalue weighted by molar-refractivity contribution is 5.97. The van der Waals surface area contributed by atoms with Crippen LogP contribution in [0.4, 0.5) is 30.2 Å². The number of anilines is 3. The minimum Gasteiger partial charge on any atom is -0.478 e. The summed E-state index contributed by atoms with van der Waals surface area (Å²) in [5, 5.41) is 11.3. The average Bonchev–Trinajstić information content (AvgIpc) is 2.37. The van der Waals surface area contributed by atoms with Crippen LogP contribution in [0.1, 0.15) is 10.4 Å². The van der Waals surface area contributed by atoms with Gasteiger partial charge in [-0.05, 0) is 12.1 Å². The topological polar surface area (TPSA) is 75.3 Å². The third-order valence-corrected chi connectivity index (χ3v) is 2.60. The van der Waals surface area contributed by atoms with Crippen molar-refractivity contribution >= 4 is 23.0 Å². The van der Waals surface area contributed by atoms with Gasteiger partial charge in [0, 0.05) is 12.1 Å². The van der Waals surface area contributed by atoms with Gasteiger partial charge in [-0.3, -0.25) is 0 Å². The minimum atomic E-state index is -1.36. The molecule has 0 spiro atoms. The number of rotatable bonds is 3. The zero-order valence-corrected chi connectivity index (χ0v) is 9.95. The third kappa shape index (κ3) is 2.51. The summed E-state index contributed by atoms with van der Waals surface area (Å²) >= 11 is 0. The van der Waals surface area contributed by atoms with Crippen molar-refractivity contribution in [2.75, 3.05) is 11.1 Å². The number of benzene rings is 2. The van der Waals surface area contributed by atoms with Crippen molar-refractivity contribution in [3.05, 3.63) is 53.3 Å². The molecule has 4 N–H and O–H groups in total. The highest BCUT2D eigenvalue weighted by Gasteiger charge is 2.15. The molecular weight excluding hydrogens is 273 g/mol. The van der Waals surface area contributed by atoms with Gasteiger partial charge in [0.2, 0.25) is 0 Å². The van der Waals surface area contributed by atoms with Gasteiger partial charge in [0.15, 0.2) is 11.6 Å². The summed E-state index contributed by atoms with van der Waals surface area (Å²) in [5.41, 5.74) is 4.80. The van der Waals surface area contributed by atoms with Crippen LogP contribution >= 0.6 is 0 Å². The molecule has 7 heteroatoms. The van der Waals surface area contributed by atoms with Gasteiger partial charge in [-0.15, -0.1) is 0 Å². The Morgan fingerprint density at radius 2 is 1.85 bits per heavy atom. The fraction of sp³-hybridized carbons (Fsp3) is 0. The molecule has 2 rings (SSSR count). The lowest BCUT2D eigenvalue weighted by molar-refractivity contribution is 0.0698. The van der Waals surface area contributed by atoms with E-state index in [4.69, 9.17) is 10.8 Å². The molecule has 0 aromatic heterocycles. The Kier molecular flexibility index (Phi) is 3.51. The third-order valence-electron chi connectivity index (χ3n) is 2.60. The Morgan fingerprint density at radius 1 is 1.15 bits per heavy atom. The fourth-order valence-corrected chi connectivity index (χ4v) is 1.65. The number of nitrogen functional groups attached to an aromatic ring is 1. The van der Waals surface area contributed by atoms with E-state index in [2.05, 4.69) is 5.32 Å². The molecule has 0 fully saturated rings. The second-order valence-corrected chi connectivity index (χ2v) is 3.95. The van der Waals surface area contributed by atoms with E-state index in [0.29, 0.717) is 6.07 Å². The minimum absolute atomic E-state index is 0.0359. The molecule has 0 unspecified atom stereocenters. The molecular formula is C13H9F3N2O2. The van der Waals surface area contributed by atoms with Crippen LogP contribution in [0.15, 0.2) is 30.3 Å². The van der Waals surface area contributed by atoms with Crippen LogP contribution in [0.2, 0.25) is 0 Å². The van der Waals surface area contributed by atoms with Crippen LogP contribution in [0, 0.1) is 17.5 Å². The van der Waals surface area contributed by atoms with Gasteiger partial charge in [0.1, 0.15) is 5.82 Å². The SMILES string of the molecule is Nc1c(Nc2cc(F)cc(F)c2F)cccc1C(=O)O. The van der Waals surface area contributed by atoms with Crippen LogP contribution < -0.4 is 11.1 Å². The number of aromatic carboxylic acids is 1. The molecule has 0 heterocycles. The number of nitrogens with two attached hydrogens (primary N) is 1. The number of nitrogens with one attached hydrogen (secondary N) is 1. The van der Waals surface area contributed by atoms with Gasteiger partial charge in [-0.25, -0.2) is 18.0 Å². The Labute approximate surface area is 111 Å². The first kappa shape index (κ1) is 13.7. The summed E-state index contributed by atoms with van der Waals surface area (Å²) in [4.78, 5) is 10.9. The first-order chi connectivity index (χ1) is 9.40. The molecule has 20 heavy (non-hydrogen) atoms. The molecule has 2 aromatic carbocycles. The smallest absolute Gasteiger partial charge is 0.337 e. The molecule has 0 saturated heterocycles. The second-order valence-electron chi connectivity index (χ2n) is 3.95. The van der Waals surface area contributed by atoms with Crippen molar-refractivity contribution in [3.63, 3.8) is 0 Å². The Bertz CT molecular complexity index is 690. The van der Waals surface area contributed by atoms with Crippen molar-refractivity contribution in [2.45, 2.75) is 0 Å². The lowest BCUT2D eigenvalue weighted by Crippen LogP contribution is -2.06. The van der Waals surface area contributed by atoms with Gasteiger partial charge in [-0.2, -0.15) is 0 Å². The maximum absolute atomic E-state index is 13.5. The van der Waals surface area contributed by atoms with E-state index < -0.39 is 29.1 Å². The van der Waals surface area contributed by atoms with Crippen LogP contribution in [-0.2, 0) is 0 Å². The molecule has 0 amide bonds. The van der Waals surface area contributed by atoms with Crippen LogP contribution in [0.25, 0.3) is 0 Å². The van der Waals surface area contributed by atoms with E-state index in [1.807, 2.05) is 0 Å². The van der Waals surface area contributed by atoms with E-state index in [0.717, 1.165) is 6.07 Å². The molecule has 0 aliphatic carbocycles. The first-order valence-corrected chi connectivity index (χ1v) is 5.43. The predicted molar refractivity (Wildman–Crippen MR) is 67.4 cm³/mol. The van der Waals surface area contributed by atoms with Crippen molar-refractivity contribution in [2.24, 2.45) is 0 Å². The summed E-state index contributed by atoms with van der Waals surface area (Å²) in [6, 6.07) is 5.13. The van der Waals surface area contributed by atoms with Gasteiger partial charge >= 0.3 is 5.97 Å². The van der Waals surface area contributed by atoms with Crippen molar-refractivity contribution in [3.8, 4) is 0 Å². The van der Waals surface area contributed by atoms with E-state index in [9.17, 15) is 18.0 Å². The molecule has 0 aliphatic rings.